The highest BCUT2D eigenvalue weighted by Crippen LogP contribution is 2.44. The van der Waals surface area contributed by atoms with Crippen LogP contribution in [-0.4, -0.2) is 114 Å². The number of rotatable bonds is 15. The highest BCUT2D eigenvalue weighted by atomic mass is 32.2. The Balaban J connectivity index is 1.39. The lowest BCUT2D eigenvalue weighted by molar-refractivity contribution is -0.311. The molecule has 4 rings (SSSR count). The van der Waals surface area contributed by atoms with Crippen molar-refractivity contribution in [3.8, 4) is 11.1 Å². The maximum absolute atomic E-state index is 12.9. The van der Waals surface area contributed by atoms with Crippen LogP contribution < -0.4 is 16.4 Å². The molecule has 46 heavy (non-hydrogen) atoms. The molecule has 0 bridgehead atoms. The van der Waals surface area contributed by atoms with Crippen molar-refractivity contribution < 1.29 is 48.7 Å². The van der Waals surface area contributed by atoms with E-state index in [1.165, 1.54) is 6.92 Å². The van der Waals surface area contributed by atoms with E-state index in [-0.39, 0.29) is 19.1 Å². The molecule has 1 saturated heterocycles. The quantitative estimate of drug-likeness (QED) is 0.117. The molecule has 6 atom stereocenters. The number of hydrogen-bond donors (Lipinski definition) is 6. The molecular weight excluding hydrogens is 618 g/mol. The minimum atomic E-state index is -2.12. The number of thioether (sulfide) groups is 1. The van der Waals surface area contributed by atoms with E-state index >= 15 is 0 Å². The summed E-state index contributed by atoms with van der Waals surface area (Å²) in [4.78, 5) is 37.6. The van der Waals surface area contributed by atoms with Crippen LogP contribution in [0, 0.1) is 0 Å². The maximum atomic E-state index is 12.9. The SMILES string of the molecule is COC(=O)C1(OCCCSCCN)CC(O)C(NC(C)=O)C(C(O)C(O)CNC(=O)OCC2c3ccccc3-c3ccccc32)O1. The molecule has 14 heteroatoms. The first-order valence-corrected chi connectivity index (χ1v) is 16.4. The van der Waals surface area contributed by atoms with Gasteiger partial charge < -0.3 is 50.6 Å². The van der Waals surface area contributed by atoms with Crippen LogP contribution in [0.2, 0.25) is 0 Å². The number of carbonyl (C=O) groups excluding carboxylic acids is 3. The fraction of sp³-hybridized carbons (Fsp3) is 0.531. The molecule has 2 amide bonds. The van der Waals surface area contributed by atoms with Gasteiger partial charge in [0.25, 0.3) is 5.79 Å². The van der Waals surface area contributed by atoms with E-state index in [2.05, 4.69) is 10.6 Å². The number of nitrogens with two attached hydrogens (primary N) is 1. The third-order valence-corrected chi connectivity index (χ3v) is 9.10. The molecule has 0 saturated carbocycles. The first-order chi connectivity index (χ1) is 22.1. The van der Waals surface area contributed by atoms with E-state index in [9.17, 15) is 29.7 Å². The fourth-order valence-corrected chi connectivity index (χ4v) is 6.55. The van der Waals surface area contributed by atoms with Crippen molar-refractivity contribution in [2.24, 2.45) is 5.73 Å². The Kier molecular flexibility index (Phi) is 12.8. The van der Waals surface area contributed by atoms with E-state index < -0.39 is 67.2 Å². The largest absolute Gasteiger partial charge is 0.465 e. The van der Waals surface area contributed by atoms with Gasteiger partial charge in [-0.2, -0.15) is 11.8 Å². The van der Waals surface area contributed by atoms with Gasteiger partial charge in [0.15, 0.2) is 0 Å². The first kappa shape index (κ1) is 35.6. The summed E-state index contributed by atoms with van der Waals surface area (Å²) in [6.45, 7) is 1.37. The van der Waals surface area contributed by atoms with Gasteiger partial charge in [-0.15, -0.1) is 0 Å². The topological polar surface area (TPSA) is 199 Å². The van der Waals surface area contributed by atoms with Crippen LogP contribution >= 0.6 is 11.8 Å². The number of carbonyl (C=O) groups is 3. The fourth-order valence-electron chi connectivity index (χ4n) is 5.86. The van der Waals surface area contributed by atoms with Gasteiger partial charge in [0.2, 0.25) is 5.91 Å². The van der Waals surface area contributed by atoms with Crippen molar-refractivity contribution in [2.45, 2.75) is 61.9 Å². The first-order valence-electron chi connectivity index (χ1n) is 15.2. The summed E-state index contributed by atoms with van der Waals surface area (Å²) >= 11 is 1.61. The van der Waals surface area contributed by atoms with E-state index in [0.29, 0.717) is 18.7 Å². The molecule has 1 heterocycles. The van der Waals surface area contributed by atoms with Crippen LogP contribution in [0.5, 0.6) is 0 Å². The Morgan fingerprint density at radius 1 is 1.09 bits per heavy atom. The minimum absolute atomic E-state index is 0.0464. The van der Waals surface area contributed by atoms with Gasteiger partial charge in [-0.05, 0) is 34.4 Å². The van der Waals surface area contributed by atoms with E-state index in [4.69, 9.17) is 24.7 Å². The zero-order valence-electron chi connectivity index (χ0n) is 25.9. The Labute approximate surface area is 272 Å². The molecule has 1 aliphatic heterocycles. The predicted molar refractivity (Wildman–Crippen MR) is 170 cm³/mol. The zero-order valence-corrected chi connectivity index (χ0v) is 26.7. The maximum Gasteiger partial charge on any atom is 0.407 e. The van der Waals surface area contributed by atoms with Crippen molar-refractivity contribution in [3.63, 3.8) is 0 Å². The number of hydrogen-bond acceptors (Lipinski definition) is 12. The summed E-state index contributed by atoms with van der Waals surface area (Å²) in [5, 5.41) is 38.1. The molecule has 0 aromatic heterocycles. The van der Waals surface area contributed by atoms with Gasteiger partial charge >= 0.3 is 12.1 Å². The highest BCUT2D eigenvalue weighted by molar-refractivity contribution is 7.99. The Morgan fingerprint density at radius 2 is 1.74 bits per heavy atom. The summed E-state index contributed by atoms with van der Waals surface area (Å²) in [7, 11) is 1.12. The second-order valence-electron chi connectivity index (χ2n) is 11.2. The van der Waals surface area contributed by atoms with Gasteiger partial charge in [0.05, 0.1) is 32.0 Å². The molecule has 2 aromatic rings. The van der Waals surface area contributed by atoms with Crippen LogP contribution in [0.15, 0.2) is 48.5 Å². The van der Waals surface area contributed by atoms with Gasteiger partial charge in [-0.1, -0.05) is 48.5 Å². The van der Waals surface area contributed by atoms with Crippen LogP contribution in [0.4, 0.5) is 4.79 Å². The second-order valence-corrected chi connectivity index (χ2v) is 12.4. The van der Waals surface area contributed by atoms with Crippen molar-refractivity contribution >= 4 is 29.7 Å². The average molecular weight is 662 g/mol. The summed E-state index contributed by atoms with van der Waals surface area (Å²) in [6.07, 6.45) is -7.11. The number of nitrogens with one attached hydrogen (secondary N) is 2. The molecule has 1 aliphatic carbocycles. The monoisotopic (exact) mass is 661 g/mol. The van der Waals surface area contributed by atoms with Crippen LogP contribution in [0.3, 0.4) is 0 Å². The van der Waals surface area contributed by atoms with E-state index in [1.54, 1.807) is 11.8 Å². The van der Waals surface area contributed by atoms with Crippen molar-refractivity contribution in [3.05, 3.63) is 59.7 Å². The molecule has 0 spiro atoms. The lowest BCUT2D eigenvalue weighted by Crippen LogP contribution is -2.68. The van der Waals surface area contributed by atoms with Gasteiger partial charge in [-0.3, -0.25) is 4.79 Å². The third-order valence-electron chi connectivity index (χ3n) is 8.00. The summed E-state index contributed by atoms with van der Waals surface area (Å²) in [5.41, 5.74) is 9.74. The van der Waals surface area contributed by atoms with Gasteiger partial charge in [0, 0.05) is 38.1 Å². The number of benzene rings is 2. The normalized spacial score (nSPS) is 23.5. The summed E-state index contributed by atoms with van der Waals surface area (Å²) in [6, 6.07) is 14.6. The summed E-state index contributed by atoms with van der Waals surface area (Å²) in [5.74, 6) is -2.34. The molecule has 1 fully saturated rings. The third kappa shape index (κ3) is 8.37. The van der Waals surface area contributed by atoms with Crippen molar-refractivity contribution in [2.75, 3.05) is 44.9 Å². The molecule has 6 unspecified atom stereocenters. The minimum Gasteiger partial charge on any atom is -0.465 e. The number of methoxy groups -OCH3 is 1. The van der Waals surface area contributed by atoms with Crippen LogP contribution in [0.1, 0.15) is 36.8 Å². The standard InChI is InChI=1S/C32H43N3O10S/c1-19(36)35-27-25(37)16-32(30(40)42-2,44-13-7-14-46-15-12-33)45-29(27)28(39)26(38)17-34-31(41)43-18-24-22-10-5-3-8-20(22)21-9-4-6-11-23(21)24/h3-6,8-11,24-29,37-39H,7,12-18,33H2,1-2H3,(H,34,41)(H,35,36). The average Bonchev–Trinajstić information content (AvgIpc) is 3.37. The number of fused-ring (bicyclic) bond motifs is 3. The Hall–Kier alpha value is -3.24. The number of amides is 2. The smallest absolute Gasteiger partial charge is 0.407 e. The number of ether oxygens (including phenoxy) is 4. The molecule has 0 radical (unpaired) electrons. The molecule has 2 aliphatic rings. The van der Waals surface area contributed by atoms with Crippen LogP contribution in [0.25, 0.3) is 11.1 Å². The van der Waals surface area contributed by atoms with Gasteiger partial charge in [0.1, 0.15) is 18.8 Å². The number of aliphatic hydroxyl groups is 3. The molecule has 2 aromatic carbocycles. The van der Waals surface area contributed by atoms with Gasteiger partial charge in [-0.25, -0.2) is 9.59 Å². The Bertz CT molecular complexity index is 1300. The predicted octanol–water partition coefficient (Wildman–Crippen LogP) is 0.869. The molecule has 13 nitrogen and oxygen atoms in total. The lowest BCUT2D eigenvalue weighted by atomic mass is 9.88. The lowest BCUT2D eigenvalue weighted by Gasteiger charge is -2.47. The molecular formula is C32H43N3O10S. The Morgan fingerprint density at radius 3 is 2.35 bits per heavy atom. The van der Waals surface area contributed by atoms with E-state index in [1.807, 2.05) is 48.5 Å². The van der Waals surface area contributed by atoms with E-state index in [0.717, 1.165) is 35.1 Å². The number of alkyl carbamates (subject to hydrolysis) is 1. The van der Waals surface area contributed by atoms with Crippen LogP contribution in [-0.2, 0) is 28.5 Å². The zero-order chi connectivity index (χ0) is 33.3. The van der Waals surface area contributed by atoms with Crippen molar-refractivity contribution in [1.82, 2.24) is 10.6 Å². The molecule has 7 N–H and O–H groups in total. The number of esters is 1. The van der Waals surface area contributed by atoms with Crippen molar-refractivity contribution in [1.29, 1.82) is 0 Å². The number of aliphatic hydroxyl groups excluding tert-OH is 3. The highest BCUT2D eigenvalue weighted by Gasteiger charge is 2.56. The second kappa shape index (κ2) is 16.5. The molecule has 252 valence electrons. The summed E-state index contributed by atoms with van der Waals surface area (Å²) < 4.78 is 22.2.